The minimum atomic E-state index is -5.08. The first-order chi connectivity index (χ1) is 36.1. The number of hydrogen-bond donors (Lipinski definition) is 4. The third-order valence-corrected chi connectivity index (χ3v) is 13.5. The Morgan fingerprint density at radius 2 is 0.932 bits per heavy atom. The molecule has 74 heavy (non-hydrogen) atoms. The van der Waals surface area contributed by atoms with Crippen LogP contribution in [-0.4, -0.2) is 97.5 Å². The van der Waals surface area contributed by atoms with Crippen LogP contribution >= 0.6 is 0 Å². The Bertz CT molecular complexity index is 1600. The number of aliphatic hydroxyl groups is 3. The zero-order valence-electron chi connectivity index (χ0n) is 46.4. The van der Waals surface area contributed by atoms with Crippen LogP contribution in [0.3, 0.4) is 0 Å². The number of aliphatic hydroxyl groups excluding tert-OH is 3. The molecule has 0 aromatic carbocycles. The van der Waals surface area contributed by atoms with Crippen LogP contribution in [0.15, 0.2) is 85.1 Å². The highest BCUT2D eigenvalue weighted by Gasteiger charge is 2.48. The smallest absolute Gasteiger partial charge is 0.397 e. The largest absolute Gasteiger partial charge is 0.457 e. The predicted molar refractivity (Wildman–Crippen MR) is 303 cm³/mol. The number of allylic oxidation sites excluding steroid dienone is 14. The molecule has 428 valence electrons. The Balaban J connectivity index is 2.32. The summed E-state index contributed by atoms with van der Waals surface area (Å²) < 4.78 is 59.4. The van der Waals surface area contributed by atoms with E-state index in [-0.39, 0.29) is 19.6 Å². The molecule has 6 unspecified atom stereocenters. The molecule has 0 spiro atoms. The normalized spacial score (nSPS) is 19.4. The van der Waals surface area contributed by atoms with E-state index in [1.54, 1.807) is 0 Å². The average molecular weight is 1060 g/mol. The van der Waals surface area contributed by atoms with Crippen LogP contribution < -0.4 is 0 Å². The molecule has 0 amide bonds. The van der Waals surface area contributed by atoms with E-state index in [0.717, 1.165) is 83.5 Å². The lowest BCUT2D eigenvalue weighted by atomic mass is 9.99. The molecule has 0 aromatic rings. The van der Waals surface area contributed by atoms with Gasteiger partial charge in [-0.15, -0.1) is 0 Å². The Labute approximate surface area is 451 Å². The van der Waals surface area contributed by atoms with Crippen molar-refractivity contribution in [1.29, 1.82) is 0 Å². The molecule has 1 heterocycles. The van der Waals surface area contributed by atoms with E-state index in [9.17, 15) is 33.1 Å². The molecule has 0 radical (unpaired) electrons. The van der Waals surface area contributed by atoms with Crippen molar-refractivity contribution in [2.75, 3.05) is 26.4 Å². The highest BCUT2D eigenvalue weighted by molar-refractivity contribution is 7.80. The minimum Gasteiger partial charge on any atom is -0.457 e. The van der Waals surface area contributed by atoms with Gasteiger partial charge in [0.2, 0.25) is 0 Å². The Morgan fingerprint density at radius 3 is 1.38 bits per heavy atom. The zero-order chi connectivity index (χ0) is 53.8. The summed E-state index contributed by atoms with van der Waals surface area (Å²) in [5.74, 6) is -0.412. The zero-order valence-corrected chi connectivity index (χ0v) is 47.2. The van der Waals surface area contributed by atoms with Gasteiger partial charge in [0.25, 0.3) is 0 Å². The number of ether oxygens (including phenoxy) is 4. The van der Waals surface area contributed by atoms with E-state index in [2.05, 4.69) is 103 Å². The monoisotopic (exact) mass is 1060 g/mol. The van der Waals surface area contributed by atoms with E-state index >= 15 is 0 Å². The van der Waals surface area contributed by atoms with Gasteiger partial charge in [0.05, 0.1) is 19.8 Å². The van der Waals surface area contributed by atoms with Crippen molar-refractivity contribution in [3.63, 3.8) is 0 Å². The van der Waals surface area contributed by atoms with Gasteiger partial charge in [0.15, 0.2) is 6.29 Å². The van der Waals surface area contributed by atoms with Crippen LogP contribution in [0, 0.1) is 0 Å². The summed E-state index contributed by atoms with van der Waals surface area (Å²) in [6.45, 7) is 3.82. The summed E-state index contributed by atoms with van der Waals surface area (Å²) in [4.78, 5) is 13.0. The molecule has 1 saturated heterocycles. The van der Waals surface area contributed by atoms with Gasteiger partial charge in [-0.05, 0) is 89.9 Å². The second-order valence-electron chi connectivity index (χ2n) is 19.8. The van der Waals surface area contributed by atoms with Crippen molar-refractivity contribution in [2.45, 2.75) is 269 Å². The average Bonchev–Trinajstić information content (AvgIpc) is 3.38. The van der Waals surface area contributed by atoms with Gasteiger partial charge < -0.3 is 34.3 Å². The molecule has 13 heteroatoms. The summed E-state index contributed by atoms with van der Waals surface area (Å²) in [6.07, 6.45) is 60.5. The maximum atomic E-state index is 13.0. The standard InChI is InChI=1S/C61H106O12S/c1-3-5-7-9-11-13-15-17-19-21-23-25-27-28-29-30-32-34-36-38-40-42-44-46-48-50-57(63)71-55(54-70-61-59(65)60(73-74(66,67)68)58(64)56(52-62)72-61)53-69-51-49-47-45-43-41-39-37-35-33-31-26-24-22-20-18-16-14-12-10-8-6-4-2/h6,8,12,14,18,20-21,23-24,26,33,35,39,41,55-56,58-62,64-65H,3-5,7,9-11,13,15-17,19,22,25,27-32,34,36-38,40,42-54H2,1-2H3,(H,66,67,68)/b8-6-,14-12-,20-18-,23-21-,26-24-,35-33-,41-39-. The lowest BCUT2D eigenvalue weighted by Gasteiger charge is -2.41. The molecule has 0 saturated carbocycles. The minimum absolute atomic E-state index is 0.00970. The molecule has 6 atom stereocenters. The summed E-state index contributed by atoms with van der Waals surface area (Å²) in [7, 11) is -5.08. The van der Waals surface area contributed by atoms with Crippen LogP contribution in [0.5, 0.6) is 0 Å². The van der Waals surface area contributed by atoms with Gasteiger partial charge in [0.1, 0.15) is 30.5 Å². The lowest BCUT2D eigenvalue weighted by Crippen LogP contribution is -2.60. The maximum Gasteiger partial charge on any atom is 0.397 e. The van der Waals surface area contributed by atoms with Crippen LogP contribution in [-0.2, 0) is 38.3 Å². The maximum absolute atomic E-state index is 13.0. The van der Waals surface area contributed by atoms with E-state index < -0.39 is 59.8 Å². The van der Waals surface area contributed by atoms with E-state index in [1.165, 1.54) is 122 Å². The molecule has 0 bridgehead atoms. The number of carbonyl (C=O) groups excluding carboxylic acids is 1. The first-order valence-corrected chi connectivity index (χ1v) is 30.7. The fraction of sp³-hybridized carbons (Fsp3) is 0.754. The second kappa shape index (κ2) is 51.1. The SMILES string of the molecule is CC/C=C\C/C=C\C/C=C\C/C=C\C/C=C\C/C=C\CCCCCOCC(COC1OC(CO)C(O)C(OS(=O)(=O)O)C1O)OC(=O)CCCCCCCCCCCCCCC/C=C\CCCCCCCCCC. The molecule has 4 N–H and O–H groups in total. The second-order valence-corrected chi connectivity index (χ2v) is 20.9. The van der Waals surface area contributed by atoms with Crippen molar-refractivity contribution >= 4 is 16.4 Å². The topological polar surface area (TPSA) is 178 Å². The Kier molecular flexibility index (Phi) is 47.8. The van der Waals surface area contributed by atoms with Crippen LogP contribution in [0.2, 0.25) is 0 Å². The summed E-state index contributed by atoms with van der Waals surface area (Å²) in [6, 6.07) is 0. The van der Waals surface area contributed by atoms with Crippen molar-refractivity contribution in [3.05, 3.63) is 85.1 Å². The first kappa shape index (κ1) is 69.3. The first-order valence-electron chi connectivity index (χ1n) is 29.3. The number of hydrogen-bond acceptors (Lipinski definition) is 11. The molecule has 0 aliphatic carbocycles. The third-order valence-electron chi connectivity index (χ3n) is 13.0. The van der Waals surface area contributed by atoms with Crippen molar-refractivity contribution in [1.82, 2.24) is 0 Å². The van der Waals surface area contributed by atoms with E-state index in [0.29, 0.717) is 13.0 Å². The quantitative estimate of drug-likeness (QED) is 0.0196. The van der Waals surface area contributed by atoms with Crippen LogP contribution in [0.4, 0.5) is 0 Å². The molecule has 1 rings (SSSR count). The highest BCUT2D eigenvalue weighted by atomic mass is 32.3. The van der Waals surface area contributed by atoms with E-state index in [1.807, 2.05) is 0 Å². The van der Waals surface area contributed by atoms with E-state index in [4.69, 9.17) is 18.9 Å². The Morgan fingerprint density at radius 1 is 0.527 bits per heavy atom. The van der Waals surface area contributed by atoms with Crippen LogP contribution in [0.25, 0.3) is 0 Å². The van der Waals surface area contributed by atoms with Gasteiger partial charge in [-0.2, -0.15) is 8.42 Å². The van der Waals surface area contributed by atoms with Gasteiger partial charge in [0, 0.05) is 13.0 Å². The number of unbranched alkanes of at least 4 members (excludes halogenated alkanes) is 24. The lowest BCUT2D eigenvalue weighted by molar-refractivity contribution is -0.301. The molecule has 0 aromatic heterocycles. The third kappa shape index (κ3) is 43.4. The van der Waals surface area contributed by atoms with Crippen molar-refractivity contribution < 1.29 is 56.2 Å². The number of rotatable bonds is 51. The Hall–Kier alpha value is -2.72. The van der Waals surface area contributed by atoms with Gasteiger partial charge >= 0.3 is 16.4 Å². The fourth-order valence-corrected chi connectivity index (χ4v) is 9.12. The van der Waals surface area contributed by atoms with Gasteiger partial charge in [-0.25, -0.2) is 4.18 Å². The number of esters is 1. The van der Waals surface area contributed by atoms with Crippen molar-refractivity contribution in [3.8, 4) is 0 Å². The van der Waals surface area contributed by atoms with Gasteiger partial charge in [-0.3, -0.25) is 9.35 Å². The molecular formula is C61H106O12S. The number of carbonyl (C=O) groups is 1. The molecule has 1 aliphatic rings. The van der Waals surface area contributed by atoms with Crippen LogP contribution in [0.1, 0.15) is 232 Å². The molecule has 12 nitrogen and oxygen atoms in total. The summed E-state index contributed by atoms with van der Waals surface area (Å²) >= 11 is 0. The van der Waals surface area contributed by atoms with Gasteiger partial charge in [-0.1, -0.05) is 221 Å². The predicted octanol–water partition coefficient (Wildman–Crippen LogP) is 14.8. The summed E-state index contributed by atoms with van der Waals surface area (Å²) in [5.41, 5.74) is 0. The highest BCUT2D eigenvalue weighted by Crippen LogP contribution is 2.26. The molecular weight excluding hydrogens is 957 g/mol. The fourth-order valence-electron chi connectivity index (χ4n) is 8.61. The van der Waals surface area contributed by atoms with Crippen molar-refractivity contribution in [2.24, 2.45) is 0 Å². The molecule has 1 aliphatic heterocycles. The summed E-state index contributed by atoms with van der Waals surface area (Å²) in [5, 5.41) is 30.9. The molecule has 1 fully saturated rings.